The molecule has 0 amide bonds. The van der Waals surface area contributed by atoms with E-state index in [1.54, 1.807) is 6.08 Å². The summed E-state index contributed by atoms with van der Waals surface area (Å²) in [6.07, 6.45) is 1.73. The zero-order valence-electron chi connectivity index (χ0n) is 13.5. The molecule has 2 N–H and O–H groups in total. The maximum Gasteiger partial charge on any atom is 0.119 e. The summed E-state index contributed by atoms with van der Waals surface area (Å²) >= 11 is 8.31. The summed E-state index contributed by atoms with van der Waals surface area (Å²) in [6, 6.07) is 13.8. The molecule has 5 heteroatoms. The molecule has 2 rings (SSSR count). The third kappa shape index (κ3) is 4.67. The van der Waals surface area contributed by atoms with Crippen LogP contribution in [0.1, 0.15) is 22.3 Å². The Kier molecular flexibility index (Phi) is 6.13. The Balaban J connectivity index is 2.30. The van der Waals surface area contributed by atoms with Gasteiger partial charge in [-0.2, -0.15) is 5.26 Å². The molecule has 24 heavy (non-hydrogen) atoms. The van der Waals surface area contributed by atoms with E-state index < -0.39 is 0 Å². The number of hydrogen-bond acceptors (Lipinski definition) is 3. The molecule has 0 bridgehead atoms. The van der Waals surface area contributed by atoms with Crippen molar-refractivity contribution in [3.8, 4) is 11.8 Å². The van der Waals surface area contributed by atoms with Crippen LogP contribution in [0.3, 0.4) is 0 Å². The summed E-state index contributed by atoms with van der Waals surface area (Å²) < 4.78 is 6.87. The molecule has 0 unspecified atom stereocenters. The number of thiocarbonyl (C=S) groups is 1. The van der Waals surface area contributed by atoms with Crippen molar-refractivity contribution in [3.05, 3.63) is 68.7 Å². The normalized spacial score (nSPS) is 11.0. The van der Waals surface area contributed by atoms with Gasteiger partial charge in [0.1, 0.15) is 23.4 Å². The molecule has 0 saturated carbocycles. The molecule has 0 radical (unpaired) electrons. The van der Waals surface area contributed by atoms with Crippen molar-refractivity contribution in [1.82, 2.24) is 0 Å². The maximum atomic E-state index is 9.15. The van der Waals surface area contributed by atoms with Gasteiger partial charge in [-0.1, -0.05) is 45.8 Å². The molecule has 0 heterocycles. The van der Waals surface area contributed by atoms with E-state index in [1.165, 1.54) is 0 Å². The number of halogens is 1. The SMILES string of the molecule is Cc1cc(/C=C(\C#N)C(N)=S)c(C)c(COc2ccc(Br)cc2)c1. The minimum atomic E-state index is 0.103. The molecule has 0 fully saturated rings. The first kappa shape index (κ1) is 18.2. The Bertz CT molecular complexity index is 836. The molecule has 0 saturated heterocycles. The monoisotopic (exact) mass is 400 g/mol. The van der Waals surface area contributed by atoms with Crippen molar-refractivity contribution in [1.29, 1.82) is 5.26 Å². The van der Waals surface area contributed by atoms with Crippen molar-refractivity contribution in [2.24, 2.45) is 5.73 Å². The molecule has 2 aromatic rings. The molecule has 0 atom stereocenters. The number of nitrogens with two attached hydrogens (primary N) is 1. The molecule has 0 aliphatic heterocycles. The third-order valence-corrected chi connectivity index (χ3v) is 4.34. The first-order valence-electron chi connectivity index (χ1n) is 7.31. The highest BCUT2D eigenvalue weighted by Gasteiger charge is 2.08. The number of nitriles is 1. The van der Waals surface area contributed by atoms with E-state index in [2.05, 4.69) is 22.0 Å². The van der Waals surface area contributed by atoms with Gasteiger partial charge in [0.15, 0.2) is 0 Å². The predicted molar refractivity (Wildman–Crippen MR) is 105 cm³/mol. The van der Waals surface area contributed by atoms with Gasteiger partial charge in [0.2, 0.25) is 0 Å². The van der Waals surface area contributed by atoms with E-state index in [0.717, 1.165) is 32.5 Å². The molecule has 0 aromatic heterocycles. The van der Waals surface area contributed by atoms with Crippen LogP contribution in [0.5, 0.6) is 5.75 Å². The smallest absolute Gasteiger partial charge is 0.119 e. The van der Waals surface area contributed by atoms with Crippen LogP contribution in [0.4, 0.5) is 0 Å². The minimum Gasteiger partial charge on any atom is -0.489 e. The largest absolute Gasteiger partial charge is 0.489 e. The van der Waals surface area contributed by atoms with E-state index >= 15 is 0 Å². The fourth-order valence-corrected chi connectivity index (χ4v) is 2.64. The van der Waals surface area contributed by atoms with Gasteiger partial charge in [0.05, 0.1) is 5.57 Å². The average Bonchev–Trinajstić information content (AvgIpc) is 2.55. The number of benzene rings is 2. The van der Waals surface area contributed by atoms with Crippen molar-refractivity contribution in [2.45, 2.75) is 20.5 Å². The lowest BCUT2D eigenvalue weighted by Crippen LogP contribution is -2.10. The van der Waals surface area contributed by atoms with Crippen LogP contribution in [0.15, 0.2) is 46.4 Å². The average molecular weight is 401 g/mol. The summed E-state index contributed by atoms with van der Waals surface area (Å²) in [5.74, 6) is 0.803. The first-order chi connectivity index (χ1) is 11.4. The Hall–Kier alpha value is -2.16. The highest BCUT2D eigenvalue weighted by atomic mass is 79.9. The van der Waals surface area contributed by atoms with Crippen LogP contribution < -0.4 is 10.5 Å². The summed E-state index contributed by atoms with van der Waals surface area (Å²) in [5.41, 5.74) is 10.00. The molecule has 3 nitrogen and oxygen atoms in total. The van der Waals surface area contributed by atoms with Gasteiger partial charge in [-0.05, 0) is 60.9 Å². The molecule has 0 aliphatic carbocycles. The molecule has 122 valence electrons. The van der Waals surface area contributed by atoms with Gasteiger partial charge < -0.3 is 10.5 Å². The van der Waals surface area contributed by atoms with Gasteiger partial charge in [0.25, 0.3) is 0 Å². The van der Waals surface area contributed by atoms with Crippen LogP contribution in [0, 0.1) is 25.2 Å². The van der Waals surface area contributed by atoms with E-state index in [0.29, 0.717) is 12.2 Å². The van der Waals surface area contributed by atoms with Gasteiger partial charge in [0, 0.05) is 4.47 Å². The Morgan fingerprint density at radius 2 is 1.96 bits per heavy atom. The van der Waals surface area contributed by atoms with E-state index in [1.807, 2.05) is 50.2 Å². The molecule has 0 aliphatic rings. The lowest BCUT2D eigenvalue weighted by molar-refractivity contribution is 0.305. The molecular weight excluding hydrogens is 384 g/mol. The van der Waals surface area contributed by atoms with Crippen LogP contribution in [0.25, 0.3) is 6.08 Å². The topological polar surface area (TPSA) is 59.0 Å². The van der Waals surface area contributed by atoms with E-state index in [9.17, 15) is 0 Å². The fourth-order valence-electron chi connectivity index (χ4n) is 2.27. The Labute approximate surface area is 155 Å². The van der Waals surface area contributed by atoms with Gasteiger partial charge in [-0.15, -0.1) is 0 Å². The highest BCUT2D eigenvalue weighted by Crippen LogP contribution is 2.22. The lowest BCUT2D eigenvalue weighted by Gasteiger charge is -2.13. The van der Waals surface area contributed by atoms with Crippen LogP contribution in [-0.2, 0) is 6.61 Å². The van der Waals surface area contributed by atoms with Crippen molar-refractivity contribution < 1.29 is 4.74 Å². The van der Waals surface area contributed by atoms with Crippen LogP contribution in [-0.4, -0.2) is 4.99 Å². The fraction of sp³-hybridized carbons (Fsp3) is 0.158. The summed E-state index contributed by atoms with van der Waals surface area (Å²) in [4.78, 5) is 0.103. The molecule has 2 aromatic carbocycles. The highest BCUT2D eigenvalue weighted by molar-refractivity contribution is 9.10. The van der Waals surface area contributed by atoms with Gasteiger partial charge in [-0.25, -0.2) is 0 Å². The van der Waals surface area contributed by atoms with Crippen LogP contribution >= 0.6 is 28.1 Å². The zero-order valence-corrected chi connectivity index (χ0v) is 15.9. The van der Waals surface area contributed by atoms with Gasteiger partial charge >= 0.3 is 0 Å². The summed E-state index contributed by atoms with van der Waals surface area (Å²) in [5, 5.41) is 9.15. The summed E-state index contributed by atoms with van der Waals surface area (Å²) in [7, 11) is 0. The van der Waals surface area contributed by atoms with E-state index in [-0.39, 0.29) is 4.99 Å². The number of rotatable bonds is 5. The first-order valence-corrected chi connectivity index (χ1v) is 8.51. The lowest BCUT2D eigenvalue weighted by atomic mass is 9.98. The maximum absolute atomic E-state index is 9.15. The Morgan fingerprint density at radius 3 is 2.54 bits per heavy atom. The predicted octanol–water partition coefficient (Wildman–Crippen LogP) is 4.84. The van der Waals surface area contributed by atoms with Crippen molar-refractivity contribution in [3.63, 3.8) is 0 Å². The Morgan fingerprint density at radius 1 is 1.29 bits per heavy atom. The second-order valence-electron chi connectivity index (χ2n) is 5.41. The van der Waals surface area contributed by atoms with Crippen molar-refractivity contribution in [2.75, 3.05) is 0 Å². The third-order valence-electron chi connectivity index (χ3n) is 3.59. The quantitative estimate of drug-likeness (QED) is 0.443. The number of hydrogen-bond donors (Lipinski definition) is 1. The molecule has 0 spiro atoms. The molecular formula is C19H17BrN2OS. The number of ether oxygens (including phenoxy) is 1. The zero-order chi connectivity index (χ0) is 17.7. The standard InChI is InChI=1S/C19H17BrN2OS/c1-12-7-14(9-15(10-21)19(22)24)13(2)16(8-12)11-23-18-5-3-17(20)4-6-18/h3-9H,11H2,1-2H3,(H2,22,24)/b15-9+. The second kappa shape index (κ2) is 8.09. The van der Waals surface area contributed by atoms with Gasteiger partial charge in [-0.3, -0.25) is 0 Å². The minimum absolute atomic E-state index is 0.103. The number of nitrogens with zero attached hydrogens (tertiary/aromatic N) is 1. The van der Waals surface area contributed by atoms with E-state index in [4.69, 9.17) is 28.0 Å². The number of aryl methyl sites for hydroxylation is 1. The second-order valence-corrected chi connectivity index (χ2v) is 6.77. The summed E-state index contributed by atoms with van der Waals surface area (Å²) in [6.45, 7) is 4.46. The van der Waals surface area contributed by atoms with Crippen molar-refractivity contribution >= 4 is 39.2 Å². The van der Waals surface area contributed by atoms with Crippen LogP contribution in [0.2, 0.25) is 0 Å².